The smallest absolute Gasteiger partial charge is 0.257 e. The Bertz CT molecular complexity index is 761. The Labute approximate surface area is 116 Å². The molecular weight excluding hydrogens is 250 g/mol. The van der Waals surface area contributed by atoms with E-state index in [-0.39, 0.29) is 5.91 Å². The lowest BCUT2D eigenvalue weighted by Crippen LogP contribution is -2.12. The molecule has 0 fully saturated rings. The van der Waals surface area contributed by atoms with E-state index in [4.69, 9.17) is 0 Å². The van der Waals surface area contributed by atoms with Gasteiger partial charge in [-0.15, -0.1) is 0 Å². The highest BCUT2D eigenvalue weighted by atomic mass is 16.1. The summed E-state index contributed by atoms with van der Waals surface area (Å²) in [4.78, 5) is 20.6. The van der Waals surface area contributed by atoms with E-state index >= 15 is 0 Å². The van der Waals surface area contributed by atoms with E-state index in [0.717, 1.165) is 22.3 Å². The molecule has 1 amide bonds. The van der Waals surface area contributed by atoms with Gasteiger partial charge in [0.15, 0.2) is 0 Å². The van der Waals surface area contributed by atoms with Crippen LogP contribution in [-0.2, 0) is 0 Å². The monoisotopic (exact) mass is 263 g/mol. The van der Waals surface area contributed by atoms with Gasteiger partial charge in [-0.3, -0.25) is 14.8 Å². The summed E-state index contributed by atoms with van der Waals surface area (Å²) in [5.41, 5.74) is 3.03. The molecule has 4 nitrogen and oxygen atoms in total. The molecule has 3 aromatic rings. The van der Waals surface area contributed by atoms with Gasteiger partial charge in [0, 0.05) is 23.5 Å². The van der Waals surface area contributed by atoms with Gasteiger partial charge in [-0.25, -0.2) is 0 Å². The van der Waals surface area contributed by atoms with Crippen molar-refractivity contribution in [3.05, 3.63) is 66.1 Å². The predicted molar refractivity (Wildman–Crippen MR) is 78.7 cm³/mol. The molecule has 0 aliphatic heterocycles. The van der Waals surface area contributed by atoms with Gasteiger partial charge in [-0.1, -0.05) is 6.07 Å². The average Bonchev–Trinajstić information content (AvgIpc) is 2.48. The number of amides is 1. The van der Waals surface area contributed by atoms with Crippen LogP contribution in [0.3, 0.4) is 0 Å². The third kappa shape index (κ3) is 2.36. The third-order valence-electron chi connectivity index (χ3n) is 3.07. The van der Waals surface area contributed by atoms with E-state index in [2.05, 4.69) is 15.3 Å². The Kier molecular flexibility index (Phi) is 3.13. The number of hydrogen-bond donors (Lipinski definition) is 1. The van der Waals surface area contributed by atoms with Crippen molar-refractivity contribution in [2.75, 3.05) is 5.32 Å². The van der Waals surface area contributed by atoms with Crippen molar-refractivity contribution in [2.45, 2.75) is 6.92 Å². The van der Waals surface area contributed by atoms with Gasteiger partial charge in [0.1, 0.15) is 0 Å². The first-order chi connectivity index (χ1) is 9.74. The minimum absolute atomic E-state index is 0.172. The number of pyridine rings is 2. The lowest BCUT2D eigenvalue weighted by atomic mass is 10.1. The maximum atomic E-state index is 12.2. The summed E-state index contributed by atoms with van der Waals surface area (Å²) >= 11 is 0. The van der Waals surface area contributed by atoms with Crippen LogP contribution in [0.15, 0.2) is 54.9 Å². The molecule has 0 spiro atoms. The molecule has 0 aliphatic rings. The topological polar surface area (TPSA) is 54.9 Å². The highest BCUT2D eigenvalue weighted by Crippen LogP contribution is 2.21. The van der Waals surface area contributed by atoms with Crippen LogP contribution in [0, 0.1) is 6.92 Å². The summed E-state index contributed by atoms with van der Waals surface area (Å²) < 4.78 is 0. The Balaban J connectivity index is 1.93. The molecule has 0 unspecified atom stereocenters. The van der Waals surface area contributed by atoms with E-state index in [1.54, 1.807) is 18.5 Å². The number of nitrogens with zero attached hydrogens (tertiary/aromatic N) is 2. The molecule has 0 saturated heterocycles. The van der Waals surface area contributed by atoms with Crippen LogP contribution in [0.1, 0.15) is 16.1 Å². The fraction of sp³-hybridized carbons (Fsp3) is 0.0625. The summed E-state index contributed by atoms with van der Waals surface area (Å²) in [5.74, 6) is -0.172. The van der Waals surface area contributed by atoms with Gasteiger partial charge in [0.2, 0.25) is 0 Å². The minimum atomic E-state index is -0.172. The molecule has 0 saturated carbocycles. The standard InChI is InChI=1S/C16H13N3O/c1-11-7-8-12(10-18-11)16(20)19-15-6-2-5-14-13(15)4-3-9-17-14/h2-10H,1H3,(H,19,20). The number of benzene rings is 1. The second kappa shape index (κ2) is 5.09. The quantitative estimate of drug-likeness (QED) is 0.772. The van der Waals surface area contributed by atoms with E-state index in [0.29, 0.717) is 5.56 Å². The summed E-state index contributed by atoms with van der Waals surface area (Å²) in [7, 11) is 0. The Morgan fingerprint density at radius 1 is 1.05 bits per heavy atom. The molecule has 0 radical (unpaired) electrons. The van der Waals surface area contributed by atoms with Crippen LogP contribution in [0.2, 0.25) is 0 Å². The predicted octanol–water partition coefficient (Wildman–Crippen LogP) is 3.19. The summed E-state index contributed by atoms with van der Waals surface area (Å²) in [6, 6.07) is 13.0. The van der Waals surface area contributed by atoms with Crippen molar-refractivity contribution < 1.29 is 4.79 Å². The Morgan fingerprint density at radius 2 is 1.95 bits per heavy atom. The first-order valence-corrected chi connectivity index (χ1v) is 6.32. The number of carbonyl (C=O) groups excluding carboxylic acids is 1. The molecule has 2 aromatic heterocycles. The molecule has 2 heterocycles. The molecule has 4 heteroatoms. The van der Waals surface area contributed by atoms with Gasteiger partial charge in [-0.05, 0) is 43.3 Å². The van der Waals surface area contributed by atoms with Crippen LogP contribution < -0.4 is 5.32 Å². The van der Waals surface area contributed by atoms with Gasteiger partial charge < -0.3 is 5.32 Å². The van der Waals surface area contributed by atoms with Crippen molar-refractivity contribution >= 4 is 22.5 Å². The zero-order valence-electron chi connectivity index (χ0n) is 11.0. The van der Waals surface area contributed by atoms with E-state index in [1.807, 2.05) is 43.3 Å². The van der Waals surface area contributed by atoms with E-state index in [1.165, 1.54) is 0 Å². The number of fused-ring (bicyclic) bond motifs is 1. The molecule has 98 valence electrons. The third-order valence-corrected chi connectivity index (χ3v) is 3.07. The number of rotatable bonds is 2. The second-order valence-electron chi connectivity index (χ2n) is 4.52. The SMILES string of the molecule is Cc1ccc(C(=O)Nc2cccc3ncccc23)cn1. The largest absolute Gasteiger partial charge is 0.321 e. The van der Waals surface area contributed by atoms with Gasteiger partial charge >= 0.3 is 0 Å². The number of aryl methyl sites for hydroxylation is 1. The first-order valence-electron chi connectivity index (χ1n) is 6.32. The van der Waals surface area contributed by atoms with Crippen molar-refractivity contribution in [3.63, 3.8) is 0 Å². The van der Waals surface area contributed by atoms with Gasteiger partial charge in [0.05, 0.1) is 16.8 Å². The average molecular weight is 263 g/mol. The number of hydrogen-bond acceptors (Lipinski definition) is 3. The Hall–Kier alpha value is -2.75. The fourth-order valence-corrected chi connectivity index (χ4v) is 2.01. The molecule has 3 rings (SSSR count). The molecule has 20 heavy (non-hydrogen) atoms. The highest BCUT2D eigenvalue weighted by molar-refractivity contribution is 6.08. The maximum Gasteiger partial charge on any atom is 0.257 e. The van der Waals surface area contributed by atoms with Crippen LogP contribution in [0.5, 0.6) is 0 Å². The molecule has 0 atom stereocenters. The normalized spacial score (nSPS) is 10.4. The summed E-state index contributed by atoms with van der Waals surface area (Å²) in [6.45, 7) is 1.89. The lowest BCUT2D eigenvalue weighted by molar-refractivity contribution is 0.102. The van der Waals surface area contributed by atoms with Crippen molar-refractivity contribution in [3.8, 4) is 0 Å². The van der Waals surface area contributed by atoms with Crippen LogP contribution in [0.25, 0.3) is 10.9 Å². The van der Waals surface area contributed by atoms with Crippen LogP contribution >= 0.6 is 0 Å². The van der Waals surface area contributed by atoms with Crippen molar-refractivity contribution in [1.82, 2.24) is 9.97 Å². The fourth-order valence-electron chi connectivity index (χ4n) is 2.01. The minimum Gasteiger partial charge on any atom is -0.321 e. The zero-order valence-corrected chi connectivity index (χ0v) is 11.0. The van der Waals surface area contributed by atoms with Crippen LogP contribution in [0.4, 0.5) is 5.69 Å². The molecule has 1 aromatic carbocycles. The number of anilines is 1. The Morgan fingerprint density at radius 3 is 2.75 bits per heavy atom. The first kappa shape index (κ1) is 12.3. The molecular formula is C16H13N3O. The summed E-state index contributed by atoms with van der Waals surface area (Å²) in [5, 5.41) is 3.82. The number of aromatic nitrogens is 2. The molecule has 1 N–H and O–H groups in total. The van der Waals surface area contributed by atoms with Crippen molar-refractivity contribution in [1.29, 1.82) is 0 Å². The maximum absolute atomic E-state index is 12.2. The lowest BCUT2D eigenvalue weighted by Gasteiger charge is -2.08. The molecule has 0 bridgehead atoms. The van der Waals surface area contributed by atoms with Gasteiger partial charge in [0.25, 0.3) is 5.91 Å². The molecule has 0 aliphatic carbocycles. The van der Waals surface area contributed by atoms with E-state index < -0.39 is 0 Å². The van der Waals surface area contributed by atoms with E-state index in [9.17, 15) is 4.79 Å². The highest BCUT2D eigenvalue weighted by Gasteiger charge is 2.08. The number of nitrogens with one attached hydrogen (secondary N) is 1. The number of carbonyl (C=O) groups is 1. The van der Waals surface area contributed by atoms with Crippen molar-refractivity contribution in [2.24, 2.45) is 0 Å². The summed E-state index contributed by atoms with van der Waals surface area (Å²) in [6.07, 6.45) is 3.31. The van der Waals surface area contributed by atoms with Gasteiger partial charge in [-0.2, -0.15) is 0 Å². The zero-order chi connectivity index (χ0) is 13.9. The van der Waals surface area contributed by atoms with Crippen LogP contribution in [-0.4, -0.2) is 15.9 Å². The second-order valence-corrected chi connectivity index (χ2v) is 4.52.